The molecule has 6 heteroatoms. The van der Waals surface area contributed by atoms with Gasteiger partial charge in [0.05, 0.1) is 6.61 Å². The molecule has 0 saturated carbocycles. The van der Waals surface area contributed by atoms with Crippen LogP contribution < -0.4 is 0 Å². The lowest BCUT2D eigenvalue weighted by Crippen LogP contribution is -2.14. The Morgan fingerprint density at radius 1 is 1.19 bits per heavy atom. The minimum Gasteiger partial charge on any atom is -0.454 e. The van der Waals surface area contributed by atoms with Crippen molar-refractivity contribution in [2.45, 2.75) is 25.3 Å². The van der Waals surface area contributed by atoms with Crippen LogP contribution >= 0.6 is 11.8 Å². The van der Waals surface area contributed by atoms with E-state index in [1.54, 1.807) is 24.9 Å². The minimum atomic E-state index is -0.537. The lowest BCUT2D eigenvalue weighted by atomic mass is 10.1. The molecule has 1 aromatic carbocycles. The molecule has 0 aliphatic heterocycles. The van der Waals surface area contributed by atoms with E-state index in [-0.39, 0.29) is 12.4 Å². The number of carbonyl (C=O) groups is 2. The Labute approximate surface area is 164 Å². The summed E-state index contributed by atoms with van der Waals surface area (Å²) in [5.74, 6) is -0.747. The van der Waals surface area contributed by atoms with Gasteiger partial charge in [0.1, 0.15) is 0 Å². The predicted octanol–water partition coefficient (Wildman–Crippen LogP) is 3.91. The van der Waals surface area contributed by atoms with E-state index >= 15 is 0 Å². The van der Waals surface area contributed by atoms with Crippen molar-refractivity contribution in [1.82, 2.24) is 4.57 Å². The van der Waals surface area contributed by atoms with Gasteiger partial charge in [-0.2, -0.15) is 0 Å². The van der Waals surface area contributed by atoms with Gasteiger partial charge in [-0.05, 0) is 49.9 Å². The Kier molecular flexibility index (Phi) is 7.88. The van der Waals surface area contributed by atoms with Gasteiger partial charge in [0.25, 0.3) is 0 Å². The van der Waals surface area contributed by atoms with Gasteiger partial charge in [-0.3, -0.25) is 4.79 Å². The molecule has 0 amide bonds. The minimum absolute atomic E-state index is 0.210. The van der Waals surface area contributed by atoms with E-state index in [4.69, 9.17) is 9.47 Å². The fourth-order valence-corrected chi connectivity index (χ4v) is 3.16. The molecule has 0 saturated heterocycles. The van der Waals surface area contributed by atoms with Crippen LogP contribution in [0.2, 0.25) is 0 Å². The maximum absolute atomic E-state index is 12.4. The lowest BCUT2D eigenvalue weighted by molar-refractivity contribution is -0.136. The average molecular weight is 388 g/mol. The van der Waals surface area contributed by atoms with Gasteiger partial charge in [-0.15, -0.1) is 11.8 Å². The summed E-state index contributed by atoms with van der Waals surface area (Å²) in [6.45, 7) is 4.80. The normalized spacial score (nSPS) is 11.1. The van der Waals surface area contributed by atoms with Crippen molar-refractivity contribution in [3.63, 3.8) is 0 Å². The zero-order chi connectivity index (χ0) is 19.8. The van der Waals surface area contributed by atoms with Gasteiger partial charge in [0.15, 0.2) is 6.61 Å². The van der Waals surface area contributed by atoms with Gasteiger partial charge in [0.2, 0.25) is 5.78 Å². The molecular formula is C21H25NO4S. The monoisotopic (exact) mass is 387 g/mol. The SMILES string of the molecule is COCCn1c(C)cc(C(=O)COC(=O)/C=C/c2ccc(SC)cc2)c1C. The fourth-order valence-electron chi connectivity index (χ4n) is 2.75. The standard InChI is InChI=1S/C21H25NO4S/c1-15-13-19(16(2)22(15)11-12-25-3)20(23)14-26-21(24)10-7-17-5-8-18(27-4)9-6-17/h5-10,13H,11-12,14H2,1-4H3/b10-7+. The summed E-state index contributed by atoms with van der Waals surface area (Å²) in [5.41, 5.74) is 3.31. The third-order valence-electron chi connectivity index (χ3n) is 4.27. The number of aryl methyl sites for hydroxylation is 1. The molecule has 0 spiro atoms. The smallest absolute Gasteiger partial charge is 0.331 e. The number of carbonyl (C=O) groups excluding carboxylic acids is 2. The zero-order valence-corrected chi connectivity index (χ0v) is 17.0. The molecule has 0 bridgehead atoms. The number of hydrogen-bond acceptors (Lipinski definition) is 5. The molecule has 5 nitrogen and oxygen atoms in total. The topological polar surface area (TPSA) is 57.5 Å². The van der Waals surface area contributed by atoms with Crippen LogP contribution in [0.4, 0.5) is 0 Å². The Morgan fingerprint density at radius 2 is 1.89 bits per heavy atom. The summed E-state index contributed by atoms with van der Waals surface area (Å²) in [4.78, 5) is 25.4. The van der Waals surface area contributed by atoms with Gasteiger partial charge in [-0.25, -0.2) is 4.79 Å². The molecule has 0 radical (unpaired) electrons. The van der Waals surface area contributed by atoms with Gasteiger partial charge < -0.3 is 14.0 Å². The van der Waals surface area contributed by atoms with Gasteiger partial charge >= 0.3 is 5.97 Å². The average Bonchev–Trinajstić information content (AvgIpc) is 2.97. The second kappa shape index (κ2) is 10.1. The molecular weight excluding hydrogens is 362 g/mol. The number of methoxy groups -OCH3 is 1. The van der Waals surface area contributed by atoms with Gasteiger partial charge in [0, 0.05) is 41.6 Å². The number of thioether (sulfide) groups is 1. The number of benzene rings is 1. The highest BCUT2D eigenvalue weighted by atomic mass is 32.2. The summed E-state index contributed by atoms with van der Waals surface area (Å²) >= 11 is 1.66. The molecule has 2 rings (SSSR count). The first-order chi connectivity index (χ1) is 13.0. The van der Waals surface area contributed by atoms with Crippen LogP contribution in [-0.4, -0.2) is 42.9 Å². The maximum Gasteiger partial charge on any atom is 0.331 e. The highest BCUT2D eigenvalue weighted by Gasteiger charge is 2.16. The molecule has 144 valence electrons. The van der Waals surface area contributed by atoms with E-state index in [9.17, 15) is 9.59 Å². The first kappa shape index (κ1) is 21.0. The Bertz CT molecular complexity index is 821. The Morgan fingerprint density at radius 3 is 2.52 bits per heavy atom. The summed E-state index contributed by atoms with van der Waals surface area (Å²) in [6.07, 6.45) is 5.02. The molecule has 27 heavy (non-hydrogen) atoms. The number of Topliss-reactive ketones (excluding diaryl/α,β-unsaturated/α-hetero) is 1. The van der Waals surface area contributed by atoms with Gasteiger partial charge in [-0.1, -0.05) is 12.1 Å². The molecule has 2 aromatic rings. The number of ketones is 1. The first-order valence-corrected chi connectivity index (χ1v) is 9.86. The maximum atomic E-state index is 12.4. The van der Waals surface area contributed by atoms with Crippen LogP contribution in [0, 0.1) is 13.8 Å². The largest absolute Gasteiger partial charge is 0.454 e. The molecule has 1 aromatic heterocycles. The molecule has 0 aliphatic rings. The highest BCUT2D eigenvalue weighted by molar-refractivity contribution is 7.98. The van der Waals surface area contributed by atoms with Crippen molar-refractivity contribution in [1.29, 1.82) is 0 Å². The summed E-state index contributed by atoms with van der Waals surface area (Å²) < 4.78 is 12.2. The molecule has 0 atom stereocenters. The van der Waals surface area contributed by atoms with Crippen molar-refractivity contribution >= 4 is 29.6 Å². The number of ether oxygens (including phenoxy) is 2. The van der Waals surface area contributed by atoms with E-state index < -0.39 is 5.97 Å². The molecule has 0 N–H and O–H groups in total. The molecule has 0 aliphatic carbocycles. The summed E-state index contributed by atoms with van der Waals surface area (Å²) in [5, 5.41) is 0. The van der Waals surface area contributed by atoms with Crippen molar-refractivity contribution < 1.29 is 19.1 Å². The number of esters is 1. The van der Waals surface area contributed by atoms with Crippen molar-refractivity contribution in [3.8, 4) is 0 Å². The third kappa shape index (κ3) is 5.84. The van der Waals surface area contributed by atoms with Crippen LogP contribution in [-0.2, 0) is 20.8 Å². The second-order valence-corrected chi connectivity index (χ2v) is 6.95. The van der Waals surface area contributed by atoms with E-state index in [1.807, 2.05) is 55.0 Å². The number of nitrogens with zero attached hydrogens (tertiary/aromatic N) is 1. The van der Waals surface area contributed by atoms with Crippen LogP contribution in [0.5, 0.6) is 0 Å². The van der Waals surface area contributed by atoms with Crippen LogP contribution in [0.25, 0.3) is 6.08 Å². The van der Waals surface area contributed by atoms with Crippen LogP contribution in [0.1, 0.15) is 27.3 Å². The van der Waals surface area contributed by atoms with Crippen LogP contribution in [0.3, 0.4) is 0 Å². The molecule has 1 heterocycles. The summed E-state index contributed by atoms with van der Waals surface area (Å²) in [6, 6.07) is 9.65. The summed E-state index contributed by atoms with van der Waals surface area (Å²) in [7, 11) is 1.64. The van der Waals surface area contributed by atoms with Crippen molar-refractivity contribution in [3.05, 3.63) is 58.9 Å². The zero-order valence-electron chi connectivity index (χ0n) is 16.2. The first-order valence-electron chi connectivity index (χ1n) is 8.64. The second-order valence-electron chi connectivity index (χ2n) is 6.07. The van der Waals surface area contributed by atoms with Crippen LogP contribution in [0.15, 0.2) is 41.3 Å². The van der Waals surface area contributed by atoms with Crippen molar-refractivity contribution in [2.75, 3.05) is 26.6 Å². The molecule has 0 unspecified atom stereocenters. The Balaban J connectivity index is 1.92. The highest BCUT2D eigenvalue weighted by Crippen LogP contribution is 2.17. The van der Waals surface area contributed by atoms with E-state index in [0.29, 0.717) is 18.7 Å². The lowest BCUT2D eigenvalue weighted by Gasteiger charge is -2.08. The quantitative estimate of drug-likeness (QED) is 0.283. The number of aromatic nitrogens is 1. The molecule has 0 fully saturated rings. The van der Waals surface area contributed by atoms with E-state index in [0.717, 1.165) is 21.8 Å². The van der Waals surface area contributed by atoms with E-state index in [2.05, 4.69) is 0 Å². The Hall–Kier alpha value is -2.31. The third-order valence-corrected chi connectivity index (χ3v) is 5.01. The fraction of sp³-hybridized carbons (Fsp3) is 0.333. The van der Waals surface area contributed by atoms with E-state index in [1.165, 1.54) is 6.08 Å². The number of rotatable bonds is 9. The van der Waals surface area contributed by atoms with Crippen molar-refractivity contribution in [2.24, 2.45) is 0 Å². The number of hydrogen-bond donors (Lipinski definition) is 0. The predicted molar refractivity (Wildman–Crippen MR) is 108 cm³/mol.